The average Bonchev–Trinajstić information content (AvgIpc) is 2.55. The molecular formula is C17H17AsClNO7. The number of ether oxygens (including phenoxy) is 1. The van der Waals surface area contributed by atoms with Crippen LogP contribution in [0.5, 0.6) is 11.5 Å². The van der Waals surface area contributed by atoms with E-state index in [9.17, 15) is 19.5 Å². The number of nitrogens with zero attached hydrogens (tertiary/aromatic N) is 1. The number of rotatable bonds is 8. The van der Waals surface area contributed by atoms with Crippen LogP contribution in [0.1, 0.15) is 24.3 Å². The Bertz CT molecular complexity index is 900. The number of hydrogen-bond acceptors (Lipinski definition) is 6. The molecule has 0 saturated heterocycles. The molecule has 2 aromatic rings. The van der Waals surface area contributed by atoms with Crippen molar-refractivity contribution >= 4 is 53.5 Å². The van der Waals surface area contributed by atoms with Crippen molar-refractivity contribution in [2.75, 3.05) is 0 Å². The van der Waals surface area contributed by atoms with Gasteiger partial charge in [-0.3, -0.25) is 0 Å². The van der Waals surface area contributed by atoms with E-state index in [1.54, 1.807) is 12.1 Å². The summed E-state index contributed by atoms with van der Waals surface area (Å²) in [5.41, 5.74) is -0.406. The number of pyridine rings is 1. The normalized spacial score (nSPS) is 11.1. The molecule has 8 nitrogen and oxygen atoms in total. The maximum absolute atomic E-state index is 12.7. The van der Waals surface area contributed by atoms with Crippen LogP contribution in [0.15, 0.2) is 18.2 Å². The van der Waals surface area contributed by atoms with Crippen LogP contribution in [-0.2, 0) is 9.59 Å². The number of aromatic nitrogens is 1. The first-order chi connectivity index (χ1) is 12.6. The third-order valence-electron chi connectivity index (χ3n) is 3.42. The molecule has 0 unspecified atom stereocenters. The number of hydrogen-bond donors (Lipinski definition) is 3. The fraction of sp³-hybridized carbons (Fsp3) is 0.294. The molecule has 2 rings (SSSR count). The number of carboxylic acids is 2. The summed E-state index contributed by atoms with van der Waals surface area (Å²) in [6.07, 6.45) is -0.119. The Morgan fingerprint density at radius 3 is 2.26 bits per heavy atom. The number of halogens is 1. The minimum atomic E-state index is -3.07. The van der Waals surface area contributed by atoms with E-state index < -0.39 is 53.0 Å². The first-order valence-corrected chi connectivity index (χ1v) is 11.8. The van der Waals surface area contributed by atoms with Crippen LogP contribution in [-0.4, -0.2) is 57.6 Å². The molecule has 0 amide bonds. The molecule has 10 heteroatoms. The summed E-state index contributed by atoms with van der Waals surface area (Å²) in [6.45, 7) is 3.65. The summed E-state index contributed by atoms with van der Waals surface area (Å²) in [6, 6.07) is 4.73. The van der Waals surface area contributed by atoms with Gasteiger partial charge in [-0.1, -0.05) is 0 Å². The molecule has 1 aromatic heterocycles. The summed E-state index contributed by atoms with van der Waals surface area (Å²) in [5, 5.41) is 27.9. The summed E-state index contributed by atoms with van der Waals surface area (Å²) in [5.74, 6) is -2.57. The fourth-order valence-electron chi connectivity index (χ4n) is 2.41. The van der Waals surface area contributed by atoms with Gasteiger partial charge in [0, 0.05) is 0 Å². The Balaban J connectivity index is 2.55. The van der Waals surface area contributed by atoms with E-state index in [1.807, 2.05) is 13.8 Å². The zero-order valence-corrected chi connectivity index (χ0v) is 17.1. The van der Waals surface area contributed by atoms with Crippen LogP contribution in [0.2, 0.25) is 15.6 Å². The monoisotopic (exact) mass is 457 g/mol. The number of benzene rings is 1. The van der Waals surface area contributed by atoms with Crippen molar-refractivity contribution in [3.8, 4) is 11.5 Å². The van der Waals surface area contributed by atoms with E-state index in [4.69, 9.17) is 26.6 Å². The molecule has 27 heavy (non-hydrogen) atoms. The van der Waals surface area contributed by atoms with Crippen molar-refractivity contribution in [1.82, 2.24) is 4.98 Å². The first-order valence-electron chi connectivity index (χ1n) is 7.82. The molecule has 1 aromatic carbocycles. The molecule has 0 spiro atoms. The molecule has 144 valence electrons. The molecule has 0 atom stereocenters. The van der Waals surface area contributed by atoms with Crippen LogP contribution >= 0.6 is 11.6 Å². The standard InChI is InChI=1S/C17H17AsClNO7/c1-8(2)27-9-3-4-10-11(5-9)15(25)14(20-17(10)19)16(26)18(6-12(21)22)7-13(23)24/h3-5,8,25H,6-7H2,1-2H3,(H,21,22)(H,23,24). The van der Waals surface area contributed by atoms with Gasteiger partial charge in [0.2, 0.25) is 0 Å². The van der Waals surface area contributed by atoms with Crippen molar-refractivity contribution in [2.45, 2.75) is 30.4 Å². The molecule has 0 aliphatic carbocycles. The van der Waals surface area contributed by atoms with Crippen LogP contribution in [0.4, 0.5) is 0 Å². The Morgan fingerprint density at radius 2 is 1.74 bits per heavy atom. The summed E-state index contributed by atoms with van der Waals surface area (Å²) in [7, 11) is 0. The van der Waals surface area contributed by atoms with Crippen molar-refractivity contribution in [3.05, 3.63) is 29.0 Å². The van der Waals surface area contributed by atoms with Gasteiger partial charge < -0.3 is 0 Å². The number of carbonyl (C=O) groups is 3. The van der Waals surface area contributed by atoms with Gasteiger partial charge in [-0.15, -0.1) is 0 Å². The van der Waals surface area contributed by atoms with E-state index in [2.05, 4.69) is 4.98 Å². The zero-order valence-electron chi connectivity index (χ0n) is 14.5. The van der Waals surface area contributed by atoms with E-state index in [1.165, 1.54) is 6.07 Å². The van der Waals surface area contributed by atoms with Crippen LogP contribution in [0, 0.1) is 0 Å². The predicted molar refractivity (Wildman–Crippen MR) is 99.2 cm³/mol. The van der Waals surface area contributed by atoms with E-state index in [-0.39, 0.29) is 16.6 Å². The molecule has 0 fully saturated rings. The van der Waals surface area contributed by atoms with Crippen molar-refractivity contribution in [3.63, 3.8) is 0 Å². The predicted octanol–water partition coefficient (Wildman–Crippen LogP) is 2.77. The van der Waals surface area contributed by atoms with Crippen LogP contribution < -0.4 is 4.74 Å². The number of aromatic hydroxyl groups is 1. The van der Waals surface area contributed by atoms with Gasteiger partial charge in [-0.2, -0.15) is 0 Å². The number of fused-ring (bicyclic) bond motifs is 1. The van der Waals surface area contributed by atoms with Gasteiger partial charge in [-0.05, 0) is 0 Å². The SMILES string of the molecule is CC(C)Oc1ccc2c(Cl)nc(C(=O)[As](CC(=O)O)CC(=O)O)c(O)c2c1. The fourth-order valence-corrected chi connectivity index (χ4v) is 5.82. The first kappa shape index (κ1) is 21.0. The summed E-state index contributed by atoms with van der Waals surface area (Å²) in [4.78, 5) is 38.6. The van der Waals surface area contributed by atoms with Gasteiger partial charge in [0.1, 0.15) is 0 Å². The quantitative estimate of drug-likeness (QED) is 0.407. The summed E-state index contributed by atoms with van der Waals surface area (Å²) < 4.78 is 4.80. The minimum absolute atomic E-state index is 0.0538. The molecule has 0 bridgehead atoms. The van der Waals surface area contributed by atoms with Crippen molar-refractivity contribution in [1.29, 1.82) is 0 Å². The Hall–Kier alpha value is -2.31. The van der Waals surface area contributed by atoms with Crippen LogP contribution in [0.25, 0.3) is 10.8 Å². The Morgan fingerprint density at radius 1 is 1.15 bits per heavy atom. The second kappa shape index (κ2) is 8.58. The van der Waals surface area contributed by atoms with Gasteiger partial charge >= 0.3 is 164 Å². The van der Waals surface area contributed by atoms with E-state index in [0.717, 1.165) is 0 Å². The van der Waals surface area contributed by atoms with Crippen LogP contribution in [0.3, 0.4) is 0 Å². The van der Waals surface area contributed by atoms with Gasteiger partial charge in [-0.25, -0.2) is 0 Å². The topological polar surface area (TPSA) is 134 Å². The molecule has 3 N–H and O–H groups in total. The average molecular weight is 458 g/mol. The Labute approximate surface area is 164 Å². The molecule has 0 aliphatic rings. The molecule has 0 radical (unpaired) electrons. The molecule has 1 heterocycles. The number of aliphatic carboxylic acids is 2. The second-order valence-electron chi connectivity index (χ2n) is 5.92. The van der Waals surface area contributed by atoms with E-state index >= 15 is 0 Å². The molecule has 0 aliphatic heterocycles. The number of carboxylic acid groups (broad SMARTS) is 2. The summed E-state index contributed by atoms with van der Waals surface area (Å²) >= 11 is 3.06. The third kappa shape index (κ3) is 5.11. The second-order valence-corrected chi connectivity index (χ2v) is 10.7. The molecular weight excluding hydrogens is 441 g/mol. The maximum atomic E-state index is 12.7. The number of carbonyl (C=O) groups excluding carboxylic acids is 1. The molecule has 0 saturated carbocycles. The van der Waals surface area contributed by atoms with Crippen molar-refractivity contribution < 1.29 is 34.4 Å². The van der Waals surface area contributed by atoms with Gasteiger partial charge in [0.05, 0.1) is 0 Å². The zero-order chi connectivity index (χ0) is 20.3. The Kier molecular flexibility index (Phi) is 6.68. The van der Waals surface area contributed by atoms with Crippen molar-refractivity contribution in [2.24, 2.45) is 0 Å². The van der Waals surface area contributed by atoms with Gasteiger partial charge in [0.15, 0.2) is 0 Å². The van der Waals surface area contributed by atoms with E-state index in [0.29, 0.717) is 11.1 Å². The third-order valence-corrected chi connectivity index (χ3v) is 8.09. The van der Waals surface area contributed by atoms with Gasteiger partial charge in [0.25, 0.3) is 0 Å².